The van der Waals surface area contributed by atoms with Gasteiger partial charge in [0.1, 0.15) is 11.3 Å². The SMILES string of the molecule is CNCCCc1onc2ccc(C)cc12. The van der Waals surface area contributed by atoms with Gasteiger partial charge in [0.05, 0.1) is 0 Å². The maximum Gasteiger partial charge on any atom is 0.144 e. The summed E-state index contributed by atoms with van der Waals surface area (Å²) < 4.78 is 5.34. The van der Waals surface area contributed by atoms with E-state index >= 15 is 0 Å². The Morgan fingerprint density at radius 1 is 1.40 bits per heavy atom. The van der Waals surface area contributed by atoms with Gasteiger partial charge in [-0.15, -0.1) is 0 Å². The van der Waals surface area contributed by atoms with Crippen molar-refractivity contribution in [2.24, 2.45) is 0 Å². The molecule has 0 atom stereocenters. The normalized spacial score (nSPS) is 11.1. The molecule has 3 heteroatoms. The number of nitrogens with zero attached hydrogens (tertiary/aromatic N) is 1. The molecule has 0 fully saturated rings. The Labute approximate surface area is 89.5 Å². The van der Waals surface area contributed by atoms with Crippen molar-refractivity contribution in [3.63, 3.8) is 0 Å². The molecular weight excluding hydrogens is 188 g/mol. The minimum Gasteiger partial charge on any atom is -0.360 e. The Morgan fingerprint density at radius 3 is 3.07 bits per heavy atom. The molecule has 1 N–H and O–H groups in total. The molecule has 0 radical (unpaired) electrons. The van der Waals surface area contributed by atoms with Crippen LogP contribution in [-0.4, -0.2) is 18.7 Å². The second kappa shape index (κ2) is 4.45. The number of benzene rings is 1. The summed E-state index contributed by atoms with van der Waals surface area (Å²) in [4.78, 5) is 0. The molecule has 0 aliphatic rings. The molecule has 3 nitrogen and oxygen atoms in total. The minimum absolute atomic E-state index is 0.945. The first-order valence-corrected chi connectivity index (χ1v) is 5.31. The molecule has 80 valence electrons. The van der Waals surface area contributed by atoms with Gasteiger partial charge >= 0.3 is 0 Å². The summed E-state index contributed by atoms with van der Waals surface area (Å²) in [6.07, 6.45) is 2.02. The molecule has 15 heavy (non-hydrogen) atoms. The number of hydrogen-bond donors (Lipinski definition) is 1. The number of fused-ring (bicyclic) bond motifs is 1. The van der Waals surface area contributed by atoms with Crippen molar-refractivity contribution >= 4 is 10.9 Å². The van der Waals surface area contributed by atoms with Gasteiger partial charge in [-0.05, 0) is 39.1 Å². The van der Waals surface area contributed by atoms with Crippen LogP contribution in [-0.2, 0) is 6.42 Å². The lowest BCUT2D eigenvalue weighted by Gasteiger charge is -1.97. The maximum absolute atomic E-state index is 5.34. The first-order valence-electron chi connectivity index (χ1n) is 5.31. The van der Waals surface area contributed by atoms with Gasteiger partial charge < -0.3 is 9.84 Å². The van der Waals surface area contributed by atoms with Crippen LogP contribution in [0.25, 0.3) is 10.9 Å². The Balaban J connectivity index is 2.23. The monoisotopic (exact) mass is 204 g/mol. The van der Waals surface area contributed by atoms with Crippen molar-refractivity contribution in [2.45, 2.75) is 19.8 Å². The molecule has 1 aromatic heterocycles. The Bertz CT molecular complexity index is 448. The number of aryl methyl sites for hydroxylation is 2. The third-order valence-corrected chi connectivity index (χ3v) is 2.54. The van der Waals surface area contributed by atoms with Gasteiger partial charge in [-0.2, -0.15) is 0 Å². The second-order valence-corrected chi connectivity index (χ2v) is 3.83. The zero-order valence-corrected chi connectivity index (χ0v) is 9.21. The molecule has 0 saturated heterocycles. The van der Waals surface area contributed by atoms with Crippen LogP contribution >= 0.6 is 0 Å². The van der Waals surface area contributed by atoms with Gasteiger partial charge in [0.2, 0.25) is 0 Å². The van der Waals surface area contributed by atoms with Gasteiger partial charge in [0, 0.05) is 11.8 Å². The average Bonchev–Trinajstić information content (AvgIpc) is 2.62. The lowest BCUT2D eigenvalue weighted by atomic mass is 10.1. The molecule has 0 saturated carbocycles. The molecule has 0 unspecified atom stereocenters. The predicted octanol–water partition coefficient (Wildman–Crippen LogP) is 2.29. The van der Waals surface area contributed by atoms with Crippen molar-refractivity contribution in [1.82, 2.24) is 10.5 Å². The summed E-state index contributed by atoms with van der Waals surface area (Å²) in [6, 6.07) is 6.21. The van der Waals surface area contributed by atoms with Crippen molar-refractivity contribution in [1.29, 1.82) is 0 Å². The van der Waals surface area contributed by atoms with Crippen LogP contribution in [0.5, 0.6) is 0 Å². The van der Waals surface area contributed by atoms with E-state index in [1.54, 1.807) is 0 Å². The van der Waals surface area contributed by atoms with E-state index in [-0.39, 0.29) is 0 Å². The zero-order valence-electron chi connectivity index (χ0n) is 9.21. The largest absolute Gasteiger partial charge is 0.360 e. The maximum atomic E-state index is 5.34. The highest BCUT2D eigenvalue weighted by Gasteiger charge is 2.07. The standard InChI is InChI=1S/C12H16N2O/c1-9-5-6-11-10(8-9)12(15-14-11)4-3-7-13-2/h5-6,8,13H,3-4,7H2,1-2H3. The molecular formula is C12H16N2O. The molecule has 0 spiro atoms. The smallest absolute Gasteiger partial charge is 0.144 e. The Kier molecular flexibility index (Phi) is 3.02. The predicted molar refractivity (Wildman–Crippen MR) is 61.0 cm³/mol. The summed E-state index contributed by atoms with van der Waals surface area (Å²) in [5, 5.41) is 8.33. The molecule has 0 amide bonds. The molecule has 0 aliphatic carbocycles. The van der Waals surface area contributed by atoms with Gasteiger partial charge in [-0.1, -0.05) is 16.8 Å². The van der Waals surface area contributed by atoms with E-state index < -0.39 is 0 Å². The third kappa shape index (κ3) is 2.18. The number of nitrogens with one attached hydrogen (secondary N) is 1. The number of hydrogen-bond acceptors (Lipinski definition) is 3. The van der Waals surface area contributed by atoms with Gasteiger partial charge in [0.15, 0.2) is 0 Å². The summed E-state index contributed by atoms with van der Waals surface area (Å²) in [6.45, 7) is 3.10. The lowest BCUT2D eigenvalue weighted by molar-refractivity contribution is 0.388. The molecule has 1 aromatic carbocycles. The van der Waals surface area contributed by atoms with E-state index in [0.29, 0.717) is 0 Å². The van der Waals surface area contributed by atoms with Crippen LogP contribution in [0, 0.1) is 6.92 Å². The summed E-state index contributed by atoms with van der Waals surface area (Å²) in [5.41, 5.74) is 2.21. The van der Waals surface area contributed by atoms with E-state index in [1.807, 2.05) is 13.1 Å². The Morgan fingerprint density at radius 2 is 2.27 bits per heavy atom. The van der Waals surface area contributed by atoms with Crippen LogP contribution in [0.4, 0.5) is 0 Å². The molecule has 2 rings (SSSR count). The zero-order chi connectivity index (χ0) is 10.7. The van der Waals surface area contributed by atoms with E-state index in [0.717, 1.165) is 36.0 Å². The van der Waals surface area contributed by atoms with Gasteiger partial charge in [-0.25, -0.2) is 0 Å². The fourth-order valence-corrected chi connectivity index (χ4v) is 1.71. The number of rotatable bonds is 4. The number of aromatic nitrogens is 1. The van der Waals surface area contributed by atoms with Crippen LogP contribution in [0.2, 0.25) is 0 Å². The highest BCUT2D eigenvalue weighted by atomic mass is 16.5. The Hall–Kier alpha value is -1.35. The highest BCUT2D eigenvalue weighted by Crippen LogP contribution is 2.20. The van der Waals surface area contributed by atoms with Crippen molar-refractivity contribution in [3.05, 3.63) is 29.5 Å². The van der Waals surface area contributed by atoms with Crippen LogP contribution in [0.1, 0.15) is 17.7 Å². The van der Waals surface area contributed by atoms with E-state index in [4.69, 9.17) is 4.52 Å². The lowest BCUT2D eigenvalue weighted by Crippen LogP contribution is -2.08. The fourth-order valence-electron chi connectivity index (χ4n) is 1.71. The fraction of sp³-hybridized carbons (Fsp3) is 0.417. The van der Waals surface area contributed by atoms with E-state index in [2.05, 4.69) is 29.5 Å². The van der Waals surface area contributed by atoms with Crippen molar-refractivity contribution in [3.8, 4) is 0 Å². The highest BCUT2D eigenvalue weighted by molar-refractivity contribution is 5.81. The van der Waals surface area contributed by atoms with E-state index in [1.165, 1.54) is 5.56 Å². The summed E-state index contributed by atoms with van der Waals surface area (Å²) >= 11 is 0. The first kappa shape index (κ1) is 10.2. The topological polar surface area (TPSA) is 38.1 Å². The van der Waals surface area contributed by atoms with Crippen molar-refractivity contribution in [2.75, 3.05) is 13.6 Å². The second-order valence-electron chi connectivity index (χ2n) is 3.83. The van der Waals surface area contributed by atoms with Crippen LogP contribution in [0.3, 0.4) is 0 Å². The van der Waals surface area contributed by atoms with Gasteiger partial charge in [0.25, 0.3) is 0 Å². The minimum atomic E-state index is 0.945. The average molecular weight is 204 g/mol. The molecule has 2 aromatic rings. The quantitative estimate of drug-likeness (QED) is 0.776. The molecule has 0 bridgehead atoms. The van der Waals surface area contributed by atoms with Crippen LogP contribution < -0.4 is 5.32 Å². The first-order chi connectivity index (χ1) is 7.31. The molecule has 0 aliphatic heterocycles. The van der Waals surface area contributed by atoms with Gasteiger partial charge in [-0.3, -0.25) is 0 Å². The van der Waals surface area contributed by atoms with E-state index in [9.17, 15) is 0 Å². The summed E-state index contributed by atoms with van der Waals surface area (Å²) in [7, 11) is 1.96. The van der Waals surface area contributed by atoms with Crippen LogP contribution in [0.15, 0.2) is 22.7 Å². The van der Waals surface area contributed by atoms with Crippen molar-refractivity contribution < 1.29 is 4.52 Å². The third-order valence-electron chi connectivity index (χ3n) is 2.54. The summed E-state index contributed by atoms with van der Waals surface area (Å²) in [5.74, 6) is 1.00. The molecule has 1 heterocycles.